The van der Waals surface area contributed by atoms with Crippen LogP contribution in [0.4, 0.5) is 11.5 Å². The Labute approximate surface area is 124 Å². The lowest BCUT2D eigenvalue weighted by Gasteiger charge is -2.04. The van der Waals surface area contributed by atoms with E-state index in [1.165, 1.54) is 24.3 Å². The first kappa shape index (κ1) is 13.7. The van der Waals surface area contributed by atoms with Crippen LogP contribution in [0.5, 0.6) is 0 Å². The molecule has 0 radical (unpaired) electrons. The number of carbonyl (C=O) groups excluding carboxylic acids is 2. The number of anilines is 2. The summed E-state index contributed by atoms with van der Waals surface area (Å²) in [6.45, 7) is 1.29. The first-order valence-electron chi connectivity index (χ1n) is 6.41. The number of hydrogen-bond acceptors (Lipinski definition) is 6. The van der Waals surface area contributed by atoms with E-state index in [0.717, 1.165) is 0 Å². The van der Waals surface area contributed by atoms with Gasteiger partial charge in [0.1, 0.15) is 12.1 Å². The number of oxazole rings is 1. The molecular formula is C13H12N6O3. The van der Waals surface area contributed by atoms with Crippen molar-refractivity contribution in [2.24, 2.45) is 0 Å². The van der Waals surface area contributed by atoms with Gasteiger partial charge < -0.3 is 15.1 Å². The molecule has 3 rings (SSSR count). The summed E-state index contributed by atoms with van der Waals surface area (Å²) >= 11 is 0. The lowest BCUT2D eigenvalue weighted by atomic mass is 10.3. The topological polar surface area (TPSA) is 115 Å². The van der Waals surface area contributed by atoms with Crippen molar-refractivity contribution in [2.75, 3.05) is 10.6 Å². The first-order chi connectivity index (χ1) is 10.6. The molecule has 0 aliphatic rings. The third-order valence-corrected chi connectivity index (χ3v) is 2.74. The zero-order chi connectivity index (χ0) is 15.5. The normalized spacial score (nSPS) is 10.6. The SMILES string of the molecule is CC(=O)Nc1cnn(CC(=O)Nc2ccc3ocnc3c2)n1. The van der Waals surface area contributed by atoms with Gasteiger partial charge in [0.15, 0.2) is 17.8 Å². The van der Waals surface area contributed by atoms with Crippen LogP contribution in [0.2, 0.25) is 0 Å². The molecule has 3 aromatic rings. The second-order valence-electron chi connectivity index (χ2n) is 4.52. The summed E-state index contributed by atoms with van der Waals surface area (Å²) in [5.74, 6) is -0.255. The number of benzene rings is 1. The van der Waals surface area contributed by atoms with Gasteiger partial charge in [0.05, 0.1) is 6.20 Å². The van der Waals surface area contributed by atoms with Crippen LogP contribution >= 0.6 is 0 Å². The summed E-state index contributed by atoms with van der Waals surface area (Å²) in [6.07, 6.45) is 2.71. The van der Waals surface area contributed by atoms with Crippen molar-refractivity contribution in [3.05, 3.63) is 30.8 Å². The molecule has 0 saturated carbocycles. The Morgan fingerprint density at radius 3 is 3.00 bits per heavy atom. The number of rotatable bonds is 4. The van der Waals surface area contributed by atoms with Gasteiger partial charge in [-0.15, -0.1) is 5.10 Å². The van der Waals surface area contributed by atoms with E-state index in [0.29, 0.717) is 22.6 Å². The Bertz CT molecular complexity index is 837. The molecule has 0 unspecified atom stereocenters. The van der Waals surface area contributed by atoms with Crippen LogP contribution in [0.15, 0.2) is 35.2 Å². The molecule has 0 aliphatic carbocycles. The fourth-order valence-electron chi connectivity index (χ4n) is 1.88. The highest BCUT2D eigenvalue weighted by atomic mass is 16.3. The molecule has 0 fully saturated rings. The fraction of sp³-hybridized carbons (Fsp3) is 0.154. The Morgan fingerprint density at radius 1 is 1.32 bits per heavy atom. The second-order valence-corrected chi connectivity index (χ2v) is 4.52. The molecular weight excluding hydrogens is 288 g/mol. The van der Waals surface area contributed by atoms with E-state index in [2.05, 4.69) is 25.8 Å². The van der Waals surface area contributed by atoms with E-state index in [-0.39, 0.29) is 18.4 Å². The minimum atomic E-state index is -0.298. The summed E-state index contributed by atoms with van der Waals surface area (Å²) in [5, 5.41) is 13.0. The van der Waals surface area contributed by atoms with Crippen LogP contribution < -0.4 is 10.6 Å². The molecule has 2 heterocycles. The number of nitrogens with zero attached hydrogens (tertiary/aromatic N) is 4. The maximum Gasteiger partial charge on any atom is 0.247 e. The number of nitrogens with one attached hydrogen (secondary N) is 2. The third-order valence-electron chi connectivity index (χ3n) is 2.74. The maximum absolute atomic E-state index is 11.9. The van der Waals surface area contributed by atoms with Crippen LogP contribution in [0.1, 0.15) is 6.92 Å². The van der Waals surface area contributed by atoms with Crippen molar-refractivity contribution in [2.45, 2.75) is 13.5 Å². The average Bonchev–Trinajstić information content (AvgIpc) is 3.06. The van der Waals surface area contributed by atoms with E-state index in [4.69, 9.17) is 4.42 Å². The highest BCUT2D eigenvalue weighted by molar-refractivity contribution is 5.92. The zero-order valence-electron chi connectivity index (χ0n) is 11.6. The summed E-state index contributed by atoms with van der Waals surface area (Å²) in [5.41, 5.74) is 1.90. The van der Waals surface area contributed by atoms with E-state index in [9.17, 15) is 9.59 Å². The molecule has 1 aromatic carbocycles. The molecule has 2 N–H and O–H groups in total. The van der Waals surface area contributed by atoms with Crippen molar-refractivity contribution in [1.29, 1.82) is 0 Å². The monoisotopic (exact) mass is 300 g/mol. The van der Waals surface area contributed by atoms with Crippen molar-refractivity contribution in [1.82, 2.24) is 20.0 Å². The van der Waals surface area contributed by atoms with Gasteiger partial charge in [0, 0.05) is 12.6 Å². The molecule has 0 bridgehead atoms. The first-order valence-corrected chi connectivity index (χ1v) is 6.41. The minimum absolute atomic E-state index is 0.0730. The smallest absolute Gasteiger partial charge is 0.247 e. The van der Waals surface area contributed by atoms with E-state index < -0.39 is 0 Å². The maximum atomic E-state index is 11.9. The van der Waals surface area contributed by atoms with Crippen LogP contribution in [0.25, 0.3) is 11.1 Å². The van der Waals surface area contributed by atoms with Gasteiger partial charge in [-0.25, -0.2) is 4.98 Å². The number of amides is 2. The molecule has 2 amide bonds. The predicted molar refractivity (Wildman–Crippen MR) is 77.0 cm³/mol. The molecule has 0 atom stereocenters. The number of fused-ring (bicyclic) bond motifs is 1. The van der Waals surface area contributed by atoms with Crippen molar-refractivity contribution >= 4 is 34.4 Å². The number of aromatic nitrogens is 4. The number of carbonyl (C=O) groups is 2. The van der Waals surface area contributed by atoms with Gasteiger partial charge >= 0.3 is 0 Å². The molecule has 112 valence electrons. The van der Waals surface area contributed by atoms with Crippen LogP contribution in [0.3, 0.4) is 0 Å². The Kier molecular flexibility index (Phi) is 3.52. The summed E-state index contributed by atoms with van der Waals surface area (Å²) in [4.78, 5) is 28.0. The standard InChI is InChI=1S/C13H12N6O3/c1-8(20)16-12-5-15-19(18-12)6-13(21)17-9-2-3-11-10(4-9)14-7-22-11/h2-5,7H,6H2,1H3,(H,17,21)(H,16,18,20). The van der Waals surface area contributed by atoms with E-state index in [1.807, 2.05) is 0 Å². The van der Waals surface area contributed by atoms with E-state index in [1.54, 1.807) is 18.2 Å². The average molecular weight is 300 g/mol. The minimum Gasteiger partial charge on any atom is -0.443 e. The summed E-state index contributed by atoms with van der Waals surface area (Å²) < 4.78 is 5.13. The van der Waals surface area contributed by atoms with Crippen LogP contribution in [0, 0.1) is 0 Å². The molecule has 22 heavy (non-hydrogen) atoms. The Morgan fingerprint density at radius 2 is 2.18 bits per heavy atom. The van der Waals surface area contributed by atoms with Gasteiger partial charge in [0.2, 0.25) is 11.8 Å². The van der Waals surface area contributed by atoms with Gasteiger partial charge in [-0.05, 0) is 18.2 Å². The second kappa shape index (κ2) is 5.64. The van der Waals surface area contributed by atoms with Crippen LogP contribution in [-0.2, 0) is 16.1 Å². The molecule has 9 nitrogen and oxygen atoms in total. The highest BCUT2D eigenvalue weighted by Crippen LogP contribution is 2.17. The third kappa shape index (κ3) is 3.08. The van der Waals surface area contributed by atoms with Gasteiger partial charge in [0.25, 0.3) is 0 Å². The zero-order valence-corrected chi connectivity index (χ0v) is 11.6. The van der Waals surface area contributed by atoms with Crippen LogP contribution in [-0.4, -0.2) is 31.8 Å². The number of hydrogen-bond donors (Lipinski definition) is 2. The summed E-state index contributed by atoms with van der Waals surface area (Å²) in [7, 11) is 0. The van der Waals surface area contributed by atoms with Gasteiger partial charge in [-0.2, -0.15) is 9.90 Å². The van der Waals surface area contributed by atoms with Gasteiger partial charge in [-0.1, -0.05) is 0 Å². The lowest BCUT2D eigenvalue weighted by molar-refractivity contribution is -0.117. The Hall–Kier alpha value is -3.23. The predicted octanol–water partition coefficient (Wildman–Crippen LogP) is 1.02. The molecule has 0 saturated heterocycles. The fourth-order valence-corrected chi connectivity index (χ4v) is 1.88. The quantitative estimate of drug-likeness (QED) is 0.743. The van der Waals surface area contributed by atoms with Crippen molar-refractivity contribution in [3.63, 3.8) is 0 Å². The van der Waals surface area contributed by atoms with Gasteiger partial charge in [-0.3, -0.25) is 9.59 Å². The molecule has 0 spiro atoms. The highest BCUT2D eigenvalue weighted by Gasteiger charge is 2.08. The molecule has 0 aliphatic heterocycles. The van der Waals surface area contributed by atoms with Crippen molar-refractivity contribution in [3.8, 4) is 0 Å². The van der Waals surface area contributed by atoms with Crippen molar-refractivity contribution < 1.29 is 14.0 Å². The molecule has 2 aromatic heterocycles. The summed E-state index contributed by atoms with van der Waals surface area (Å²) in [6, 6.07) is 5.14. The Balaban J connectivity index is 1.64. The largest absolute Gasteiger partial charge is 0.443 e. The van der Waals surface area contributed by atoms with E-state index >= 15 is 0 Å². The molecule has 9 heteroatoms. The lowest BCUT2D eigenvalue weighted by Crippen LogP contribution is -2.20.